The van der Waals surface area contributed by atoms with E-state index in [1.807, 2.05) is 36.1 Å². The molecule has 14 heavy (non-hydrogen) atoms. The summed E-state index contributed by atoms with van der Waals surface area (Å²) in [6, 6.07) is 0. The number of carbonyl (C=O) groups is 1. The summed E-state index contributed by atoms with van der Waals surface area (Å²) in [7, 11) is 0. The van der Waals surface area contributed by atoms with Crippen LogP contribution in [0, 0.1) is 0 Å². The molecule has 0 radical (unpaired) electrons. The summed E-state index contributed by atoms with van der Waals surface area (Å²) in [5.74, 6) is 0.361. The standard InChI is InChI=1S/C12H16OS/c1-3-4-5-6-7-12-9-11(13)8-10(2)14-12/h3,5-7,10H,1,4,8-9H2,2H3/b6-5-,12-7+. The molecule has 0 aromatic heterocycles. The zero-order valence-corrected chi connectivity index (χ0v) is 9.35. The molecule has 1 nitrogen and oxygen atoms in total. The molecule has 0 N–H and O–H groups in total. The average molecular weight is 208 g/mol. The smallest absolute Gasteiger partial charge is 0.138 e. The van der Waals surface area contributed by atoms with Crippen molar-refractivity contribution in [1.29, 1.82) is 0 Å². The third kappa shape index (κ3) is 3.97. The van der Waals surface area contributed by atoms with Crippen molar-refractivity contribution in [1.82, 2.24) is 0 Å². The van der Waals surface area contributed by atoms with E-state index < -0.39 is 0 Å². The highest BCUT2D eigenvalue weighted by Gasteiger charge is 2.19. The third-order valence-corrected chi connectivity index (χ3v) is 3.11. The normalized spacial score (nSPS) is 25.9. The van der Waals surface area contributed by atoms with Crippen LogP contribution in [0.5, 0.6) is 0 Å². The minimum absolute atomic E-state index is 0.361. The van der Waals surface area contributed by atoms with Gasteiger partial charge in [-0.05, 0) is 11.3 Å². The fourth-order valence-electron chi connectivity index (χ4n) is 1.38. The lowest BCUT2D eigenvalue weighted by molar-refractivity contribution is -0.118. The largest absolute Gasteiger partial charge is 0.299 e. The van der Waals surface area contributed by atoms with Crippen LogP contribution >= 0.6 is 11.8 Å². The van der Waals surface area contributed by atoms with Gasteiger partial charge in [0.05, 0.1) is 0 Å². The Morgan fingerprint density at radius 3 is 3.07 bits per heavy atom. The van der Waals surface area contributed by atoms with E-state index >= 15 is 0 Å². The lowest BCUT2D eigenvalue weighted by Crippen LogP contribution is -2.13. The second-order valence-electron chi connectivity index (χ2n) is 3.43. The van der Waals surface area contributed by atoms with Crippen LogP contribution < -0.4 is 0 Å². The van der Waals surface area contributed by atoms with Gasteiger partial charge in [-0.3, -0.25) is 4.79 Å². The summed E-state index contributed by atoms with van der Waals surface area (Å²) in [4.78, 5) is 12.5. The molecular formula is C12H16OS. The number of thioether (sulfide) groups is 1. The van der Waals surface area contributed by atoms with Crippen LogP contribution in [-0.2, 0) is 4.79 Å². The van der Waals surface area contributed by atoms with Crippen molar-refractivity contribution in [3.8, 4) is 0 Å². The quantitative estimate of drug-likeness (QED) is 0.660. The van der Waals surface area contributed by atoms with E-state index in [9.17, 15) is 4.79 Å². The van der Waals surface area contributed by atoms with Crippen LogP contribution in [0.1, 0.15) is 26.2 Å². The van der Waals surface area contributed by atoms with Crippen molar-refractivity contribution in [2.45, 2.75) is 31.4 Å². The molecule has 76 valence electrons. The predicted molar refractivity (Wildman–Crippen MR) is 63.3 cm³/mol. The highest BCUT2D eigenvalue weighted by atomic mass is 32.2. The topological polar surface area (TPSA) is 17.1 Å². The molecule has 1 rings (SSSR count). The fraction of sp³-hybridized carbons (Fsp3) is 0.417. The summed E-state index contributed by atoms with van der Waals surface area (Å²) in [5.41, 5.74) is 0. The maximum absolute atomic E-state index is 11.3. The molecule has 1 heterocycles. The molecule has 1 unspecified atom stereocenters. The van der Waals surface area contributed by atoms with E-state index in [0.29, 0.717) is 17.5 Å². The fourth-order valence-corrected chi connectivity index (χ4v) is 2.56. The Balaban J connectivity index is 2.50. The first-order valence-corrected chi connectivity index (χ1v) is 5.75. The number of ketones is 1. The van der Waals surface area contributed by atoms with Gasteiger partial charge >= 0.3 is 0 Å². The van der Waals surface area contributed by atoms with Gasteiger partial charge in [0, 0.05) is 18.1 Å². The molecule has 1 atom stereocenters. The monoisotopic (exact) mass is 208 g/mol. The molecule has 0 aromatic carbocycles. The Labute approximate surface area is 90.0 Å². The van der Waals surface area contributed by atoms with Crippen LogP contribution in [0.2, 0.25) is 0 Å². The molecule has 0 saturated carbocycles. The highest BCUT2D eigenvalue weighted by Crippen LogP contribution is 2.32. The van der Waals surface area contributed by atoms with E-state index in [1.165, 1.54) is 4.91 Å². The molecule has 0 bridgehead atoms. The van der Waals surface area contributed by atoms with Crippen LogP contribution in [0.4, 0.5) is 0 Å². The molecule has 1 aliphatic heterocycles. The lowest BCUT2D eigenvalue weighted by Gasteiger charge is -2.18. The first-order valence-electron chi connectivity index (χ1n) is 4.87. The zero-order valence-electron chi connectivity index (χ0n) is 8.53. The number of Topliss-reactive ketones (excluding diaryl/α,β-unsaturated/α-hetero) is 1. The van der Waals surface area contributed by atoms with Crippen LogP contribution in [0.25, 0.3) is 0 Å². The van der Waals surface area contributed by atoms with E-state index in [2.05, 4.69) is 13.5 Å². The van der Waals surface area contributed by atoms with Crippen molar-refractivity contribution in [2.24, 2.45) is 0 Å². The Bertz CT molecular complexity index is 276. The minimum Gasteiger partial charge on any atom is -0.299 e. The predicted octanol–water partition coefficient (Wildman–Crippen LogP) is 3.49. The number of carbonyl (C=O) groups excluding carboxylic acids is 1. The third-order valence-electron chi connectivity index (χ3n) is 1.96. The minimum atomic E-state index is 0.361. The van der Waals surface area contributed by atoms with Gasteiger partial charge in [0.15, 0.2) is 0 Å². The first-order chi connectivity index (χ1) is 6.72. The van der Waals surface area contributed by atoms with Crippen molar-refractivity contribution in [3.63, 3.8) is 0 Å². The maximum atomic E-state index is 11.3. The number of allylic oxidation sites excluding steroid dienone is 5. The number of hydrogen-bond donors (Lipinski definition) is 0. The number of hydrogen-bond acceptors (Lipinski definition) is 2. The molecule has 1 fully saturated rings. The first kappa shape index (κ1) is 11.3. The number of rotatable bonds is 3. The second kappa shape index (κ2) is 5.86. The van der Waals surface area contributed by atoms with Gasteiger partial charge in [0.2, 0.25) is 0 Å². The van der Waals surface area contributed by atoms with Crippen molar-refractivity contribution < 1.29 is 4.79 Å². The van der Waals surface area contributed by atoms with Crippen molar-refractivity contribution in [2.75, 3.05) is 0 Å². The molecule has 0 spiro atoms. The SMILES string of the molecule is C=CC/C=C\C=C1/CC(=O)CC(C)S1. The van der Waals surface area contributed by atoms with Crippen LogP contribution in [-0.4, -0.2) is 11.0 Å². The Kier molecular flexibility index (Phi) is 4.74. The summed E-state index contributed by atoms with van der Waals surface area (Å²) < 4.78 is 0. The molecule has 0 amide bonds. The van der Waals surface area contributed by atoms with E-state index in [1.54, 1.807) is 0 Å². The molecule has 0 aromatic rings. The van der Waals surface area contributed by atoms with Crippen molar-refractivity contribution >= 4 is 17.5 Å². The Morgan fingerprint density at radius 2 is 2.43 bits per heavy atom. The van der Waals surface area contributed by atoms with Gasteiger partial charge in [0.1, 0.15) is 5.78 Å². The zero-order chi connectivity index (χ0) is 10.4. The molecule has 2 heteroatoms. The van der Waals surface area contributed by atoms with Gasteiger partial charge in [-0.25, -0.2) is 0 Å². The van der Waals surface area contributed by atoms with Crippen molar-refractivity contribution in [3.05, 3.63) is 35.8 Å². The summed E-state index contributed by atoms with van der Waals surface area (Å²) in [6.45, 7) is 5.74. The van der Waals surface area contributed by atoms with E-state index in [4.69, 9.17) is 0 Å². The van der Waals surface area contributed by atoms with Gasteiger partial charge < -0.3 is 0 Å². The Morgan fingerprint density at radius 1 is 1.64 bits per heavy atom. The van der Waals surface area contributed by atoms with Crippen LogP contribution in [0.3, 0.4) is 0 Å². The van der Waals surface area contributed by atoms with Gasteiger partial charge in [-0.15, -0.1) is 18.3 Å². The van der Waals surface area contributed by atoms with Gasteiger partial charge in [-0.1, -0.05) is 31.2 Å². The lowest BCUT2D eigenvalue weighted by atomic mass is 10.1. The molecule has 1 aliphatic rings. The molecular weight excluding hydrogens is 192 g/mol. The molecule has 1 saturated heterocycles. The van der Waals surface area contributed by atoms with Gasteiger partial charge in [0.25, 0.3) is 0 Å². The highest BCUT2D eigenvalue weighted by molar-refractivity contribution is 8.03. The summed E-state index contributed by atoms with van der Waals surface area (Å²) >= 11 is 1.81. The van der Waals surface area contributed by atoms with Crippen LogP contribution in [0.15, 0.2) is 35.8 Å². The Hall–Kier alpha value is -0.760. The maximum Gasteiger partial charge on any atom is 0.138 e. The van der Waals surface area contributed by atoms with E-state index in [0.717, 1.165) is 12.8 Å². The van der Waals surface area contributed by atoms with E-state index in [-0.39, 0.29) is 0 Å². The summed E-state index contributed by atoms with van der Waals surface area (Å²) in [5, 5.41) is 0.440. The second-order valence-corrected chi connectivity index (χ2v) is 5.00. The molecule has 0 aliphatic carbocycles. The van der Waals surface area contributed by atoms with Gasteiger partial charge in [-0.2, -0.15) is 0 Å². The average Bonchev–Trinajstić information content (AvgIpc) is 2.11. The summed E-state index contributed by atoms with van der Waals surface area (Å²) in [6.07, 6.45) is 10.2.